The van der Waals surface area contributed by atoms with Crippen molar-refractivity contribution in [3.8, 4) is 5.75 Å². The van der Waals surface area contributed by atoms with Crippen LogP contribution in [0.4, 0.5) is 4.79 Å². The van der Waals surface area contributed by atoms with Gasteiger partial charge < -0.3 is 15.4 Å². The first-order valence-corrected chi connectivity index (χ1v) is 10.7. The Labute approximate surface area is 196 Å². The van der Waals surface area contributed by atoms with E-state index in [0.717, 1.165) is 28.2 Å². The average molecular weight is 463 g/mol. The van der Waals surface area contributed by atoms with Gasteiger partial charge in [-0.15, -0.1) is 0 Å². The minimum absolute atomic E-state index is 0.00438. The first-order chi connectivity index (χ1) is 16.2. The van der Waals surface area contributed by atoms with Gasteiger partial charge in [0.25, 0.3) is 11.8 Å². The molecule has 2 aromatic rings. The average Bonchev–Trinajstić information content (AvgIpc) is 3.25. The van der Waals surface area contributed by atoms with Crippen LogP contribution in [0, 0.1) is 13.8 Å². The SMILES string of the molecule is COc1ccc2c(c1)C(=O)N(CC(C(=O)NC(N)=O)=C1C=NC(c3c(C)nn(C)c3C)=CC1)C2. The smallest absolute Gasteiger partial charge is 0.319 e. The van der Waals surface area contributed by atoms with Gasteiger partial charge >= 0.3 is 6.03 Å². The maximum Gasteiger partial charge on any atom is 0.319 e. The number of carbonyl (C=O) groups excluding carboxylic acids is 3. The number of hydrogen-bond acceptors (Lipinski definition) is 6. The van der Waals surface area contributed by atoms with E-state index in [2.05, 4.69) is 15.4 Å². The molecule has 2 aliphatic rings. The van der Waals surface area contributed by atoms with Crippen LogP contribution in [0.1, 0.15) is 39.3 Å². The van der Waals surface area contributed by atoms with E-state index in [0.29, 0.717) is 29.9 Å². The Hall–Kier alpha value is -4.21. The van der Waals surface area contributed by atoms with Gasteiger partial charge in [0.05, 0.1) is 25.0 Å². The van der Waals surface area contributed by atoms with E-state index >= 15 is 0 Å². The maximum absolute atomic E-state index is 13.0. The molecular formula is C24H26N6O4. The van der Waals surface area contributed by atoms with Crippen molar-refractivity contribution in [3.05, 3.63) is 63.5 Å². The number of fused-ring (bicyclic) bond motifs is 1. The van der Waals surface area contributed by atoms with Crippen LogP contribution in [0.5, 0.6) is 5.75 Å². The molecule has 0 bridgehead atoms. The molecule has 0 saturated heterocycles. The van der Waals surface area contributed by atoms with Crippen LogP contribution in [-0.4, -0.2) is 52.4 Å². The second-order valence-electron chi connectivity index (χ2n) is 8.23. The van der Waals surface area contributed by atoms with Gasteiger partial charge in [-0.1, -0.05) is 12.1 Å². The number of nitrogens with zero attached hydrogens (tertiary/aromatic N) is 4. The standard InChI is InChI=1S/C24H26N6O4/c1-13-21(14(2)29(3)28-13)20-8-6-15(10-26-20)19(22(31)27-24(25)33)12-30-11-16-5-7-17(34-4)9-18(16)23(30)32/h5,7-10H,6,11-12H2,1-4H3,(H3,25,27,31,33). The van der Waals surface area contributed by atoms with Crippen molar-refractivity contribution in [2.24, 2.45) is 17.8 Å². The van der Waals surface area contributed by atoms with Gasteiger partial charge in [0.15, 0.2) is 0 Å². The molecule has 4 rings (SSSR count). The Bertz CT molecular complexity index is 1300. The van der Waals surface area contributed by atoms with Gasteiger partial charge in [-0.25, -0.2) is 4.79 Å². The molecular weight excluding hydrogens is 436 g/mol. The van der Waals surface area contributed by atoms with Gasteiger partial charge in [-0.3, -0.25) is 24.6 Å². The number of carbonyl (C=O) groups is 3. The van der Waals surface area contributed by atoms with Crippen LogP contribution < -0.4 is 15.8 Å². The van der Waals surface area contributed by atoms with E-state index in [9.17, 15) is 14.4 Å². The number of urea groups is 1. The Kier molecular flexibility index (Phi) is 6.06. The lowest BCUT2D eigenvalue weighted by atomic mass is 9.99. The van der Waals surface area contributed by atoms with Crippen molar-refractivity contribution < 1.29 is 19.1 Å². The molecule has 3 heterocycles. The zero-order chi connectivity index (χ0) is 24.6. The Morgan fingerprint density at radius 1 is 1.26 bits per heavy atom. The van der Waals surface area contributed by atoms with Crippen molar-refractivity contribution in [2.75, 3.05) is 13.7 Å². The number of aromatic nitrogens is 2. The quantitative estimate of drug-likeness (QED) is 0.656. The number of benzene rings is 1. The number of primary amides is 1. The summed E-state index contributed by atoms with van der Waals surface area (Å²) in [6.07, 6.45) is 3.92. The predicted octanol–water partition coefficient (Wildman–Crippen LogP) is 2.01. The topological polar surface area (TPSA) is 132 Å². The van der Waals surface area contributed by atoms with Crippen LogP contribution in [0.15, 0.2) is 40.4 Å². The fraction of sp³-hybridized carbons (Fsp3) is 0.292. The second kappa shape index (κ2) is 8.97. The third kappa shape index (κ3) is 4.21. The number of aryl methyl sites for hydroxylation is 2. The molecule has 0 atom stereocenters. The van der Waals surface area contributed by atoms with Gasteiger partial charge in [-0.2, -0.15) is 5.10 Å². The Morgan fingerprint density at radius 2 is 2.03 bits per heavy atom. The molecule has 0 aliphatic carbocycles. The van der Waals surface area contributed by atoms with Crippen LogP contribution in [0.2, 0.25) is 0 Å². The van der Waals surface area contributed by atoms with Crippen LogP contribution in [-0.2, 0) is 18.4 Å². The number of aliphatic imine (C=N–C) groups is 1. The summed E-state index contributed by atoms with van der Waals surface area (Å²) in [4.78, 5) is 43.4. The predicted molar refractivity (Wildman–Crippen MR) is 126 cm³/mol. The van der Waals surface area contributed by atoms with E-state index in [-0.39, 0.29) is 18.0 Å². The van der Waals surface area contributed by atoms with Crippen molar-refractivity contribution in [1.82, 2.24) is 20.0 Å². The number of allylic oxidation sites excluding steroid dienone is 2. The fourth-order valence-corrected chi connectivity index (χ4v) is 4.26. The highest BCUT2D eigenvalue weighted by Gasteiger charge is 2.31. The number of hydrogen-bond donors (Lipinski definition) is 2. The minimum Gasteiger partial charge on any atom is -0.497 e. The number of nitrogens with one attached hydrogen (secondary N) is 1. The van der Waals surface area contributed by atoms with Crippen LogP contribution in [0.3, 0.4) is 0 Å². The van der Waals surface area contributed by atoms with Gasteiger partial charge in [-0.05, 0) is 43.5 Å². The lowest BCUT2D eigenvalue weighted by Crippen LogP contribution is -2.40. The summed E-state index contributed by atoms with van der Waals surface area (Å²) in [5.74, 6) is -0.289. The van der Waals surface area contributed by atoms with Crippen LogP contribution in [0.25, 0.3) is 5.70 Å². The van der Waals surface area contributed by atoms with Crippen molar-refractivity contribution in [1.29, 1.82) is 0 Å². The number of ether oxygens (including phenoxy) is 1. The monoisotopic (exact) mass is 462 g/mol. The first-order valence-electron chi connectivity index (χ1n) is 10.7. The van der Waals surface area contributed by atoms with E-state index in [1.807, 2.05) is 33.0 Å². The minimum atomic E-state index is -0.963. The molecule has 176 valence electrons. The summed E-state index contributed by atoms with van der Waals surface area (Å²) in [5, 5.41) is 6.55. The molecule has 34 heavy (non-hydrogen) atoms. The molecule has 0 saturated carbocycles. The lowest BCUT2D eigenvalue weighted by molar-refractivity contribution is -0.116. The number of nitrogens with two attached hydrogens (primary N) is 1. The summed E-state index contributed by atoms with van der Waals surface area (Å²) >= 11 is 0. The third-order valence-corrected chi connectivity index (χ3v) is 6.08. The molecule has 3 N–H and O–H groups in total. The number of amides is 4. The number of methoxy groups -OCH3 is 1. The van der Waals surface area contributed by atoms with Gasteiger partial charge in [0.2, 0.25) is 0 Å². The highest BCUT2D eigenvalue weighted by atomic mass is 16.5. The molecule has 0 fully saturated rings. The largest absolute Gasteiger partial charge is 0.497 e. The summed E-state index contributed by atoms with van der Waals surface area (Å²) in [6, 6.07) is 4.34. The molecule has 0 spiro atoms. The lowest BCUT2D eigenvalue weighted by Gasteiger charge is -2.20. The van der Waals surface area contributed by atoms with E-state index < -0.39 is 11.9 Å². The molecule has 0 unspecified atom stereocenters. The highest BCUT2D eigenvalue weighted by Crippen LogP contribution is 2.30. The molecule has 1 aromatic heterocycles. The van der Waals surface area contributed by atoms with Crippen molar-refractivity contribution in [2.45, 2.75) is 26.8 Å². The second-order valence-corrected chi connectivity index (χ2v) is 8.23. The van der Waals surface area contributed by atoms with Crippen molar-refractivity contribution in [3.63, 3.8) is 0 Å². The van der Waals surface area contributed by atoms with E-state index in [4.69, 9.17) is 10.5 Å². The molecule has 10 heteroatoms. The first kappa shape index (κ1) is 23.0. The molecule has 2 aliphatic heterocycles. The summed E-state index contributed by atoms with van der Waals surface area (Å²) < 4.78 is 7.02. The summed E-state index contributed by atoms with van der Waals surface area (Å²) in [6.45, 7) is 4.23. The molecule has 1 aromatic carbocycles. The molecule has 10 nitrogen and oxygen atoms in total. The van der Waals surface area contributed by atoms with E-state index in [1.54, 1.807) is 27.9 Å². The zero-order valence-electron chi connectivity index (χ0n) is 19.5. The molecule has 4 amide bonds. The number of rotatable bonds is 5. The fourth-order valence-electron chi connectivity index (χ4n) is 4.26. The van der Waals surface area contributed by atoms with Crippen LogP contribution >= 0.6 is 0 Å². The Balaban J connectivity index is 1.63. The normalized spacial score (nSPS) is 16.3. The number of imide groups is 1. The summed E-state index contributed by atoms with van der Waals surface area (Å²) in [7, 11) is 3.41. The Morgan fingerprint density at radius 3 is 2.62 bits per heavy atom. The van der Waals surface area contributed by atoms with Gasteiger partial charge in [0, 0.05) is 42.2 Å². The van der Waals surface area contributed by atoms with Gasteiger partial charge in [0.1, 0.15) is 5.75 Å². The third-order valence-electron chi connectivity index (χ3n) is 6.08. The highest BCUT2D eigenvalue weighted by molar-refractivity contribution is 6.08. The summed E-state index contributed by atoms with van der Waals surface area (Å²) in [5.41, 5.74) is 11.0. The molecule has 0 radical (unpaired) electrons. The van der Waals surface area contributed by atoms with Crippen molar-refractivity contribution >= 4 is 29.8 Å². The zero-order valence-corrected chi connectivity index (χ0v) is 19.5. The maximum atomic E-state index is 13.0. The van der Waals surface area contributed by atoms with E-state index in [1.165, 1.54) is 7.11 Å².